The lowest BCUT2D eigenvalue weighted by Gasteiger charge is -2.06. The predicted molar refractivity (Wildman–Crippen MR) is 111 cm³/mol. The molecule has 7 heteroatoms. The Morgan fingerprint density at radius 3 is 2.79 bits per heavy atom. The van der Waals surface area contributed by atoms with E-state index >= 15 is 0 Å². The second-order valence-corrected chi connectivity index (χ2v) is 7.63. The highest BCUT2D eigenvalue weighted by molar-refractivity contribution is 7.22. The Hall–Kier alpha value is -2.77. The zero-order valence-electron chi connectivity index (χ0n) is 16.2. The van der Waals surface area contributed by atoms with Crippen molar-refractivity contribution in [2.24, 2.45) is 0 Å². The molecular weight excluding hydrogens is 374 g/mol. The molecule has 1 N–H and O–H groups in total. The minimum absolute atomic E-state index is 0.222. The number of benzene rings is 2. The highest BCUT2D eigenvalue weighted by Gasteiger charge is 2.24. The second-order valence-electron chi connectivity index (χ2n) is 6.63. The van der Waals surface area contributed by atoms with Gasteiger partial charge in [0.05, 0.1) is 34.6 Å². The molecule has 0 saturated heterocycles. The Kier molecular flexibility index (Phi) is 4.87. The summed E-state index contributed by atoms with van der Waals surface area (Å²) in [7, 11) is 2.60. The molecule has 1 aliphatic heterocycles. The van der Waals surface area contributed by atoms with Crippen LogP contribution in [0.25, 0.3) is 31.8 Å². The van der Waals surface area contributed by atoms with Crippen molar-refractivity contribution in [3.05, 3.63) is 41.6 Å². The summed E-state index contributed by atoms with van der Waals surface area (Å²) in [6, 6.07) is 8.22. The van der Waals surface area contributed by atoms with Crippen LogP contribution in [0.3, 0.4) is 0 Å². The summed E-state index contributed by atoms with van der Waals surface area (Å²) >= 11 is 1.70. The largest absolute Gasteiger partial charge is 0.490 e. The molecule has 0 fully saturated rings. The Bertz CT molecular complexity index is 1170. The molecular formula is C21H21N3O3S. The topological polar surface area (TPSA) is 77.4 Å². The van der Waals surface area contributed by atoms with Crippen LogP contribution in [-0.2, 0) is 6.42 Å². The number of ether oxygens (including phenoxy) is 2. The number of aliphatic hydroxyl groups excluding tert-OH is 1. The number of hydrogen-bond acceptors (Lipinski definition) is 7. The van der Waals surface area contributed by atoms with E-state index in [0.29, 0.717) is 5.88 Å². The van der Waals surface area contributed by atoms with Crippen molar-refractivity contribution in [2.45, 2.75) is 26.4 Å². The van der Waals surface area contributed by atoms with Gasteiger partial charge < -0.3 is 14.6 Å². The van der Waals surface area contributed by atoms with Crippen LogP contribution in [-0.4, -0.2) is 40.4 Å². The van der Waals surface area contributed by atoms with Crippen LogP contribution in [0.15, 0.2) is 30.5 Å². The fourth-order valence-electron chi connectivity index (χ4n) is 3.50. The summed E-state index contributed by atoms with van der Waals surface area (Å²) < 4.78 is 12.3. The molecule has 5 rings (SSSR count). The molecule has 2 aromatic carbocycles. The number of aromatic nitrogens is 3. The average molecular weight is 395 g/mol. The van der Waals surface area contributed by atoms with Crippen LogP contribution in [0.2, 0.25) is 0 Å². The van der Waals surface area contributed by atoms with Crippen LogP contribution >= 0.6 is 11.3 Å². The summed E-state index contributed by atoms with van der Waals surface area (Å²) in [6.07, 6.45) is 2.81. The Morgan fingerprint density at radius 1 is 1.18 bits per heavy atom. The Morgan fingerprint density at radius 2 is 2.00 bits per heavy atom. The molecule has 28 heavy (non-hydrogen) atoms. The number of aliphatic hydroxyl groups is 1. The van der Waals surface area contributed by atoms with E-state index < -0.39 is 0 Å². The van der Waals surface area contributed by atoms with Gasteiger partial charge in [0.1, 0.15) is 16.9 Å². The fraction of sp³-hybridized carbons (Fsp3) is 0.286. The van der Waals surface area contributed by atoms with Gasteiger partial charge in [0, 0.05) is 24.7 Å². The summed E-state index contributed by atoms with van der Waals surface area (Å²) in [4.78, 5) is 14.0. The first kappa shape index (κ1) is 18.6. The van der Waals surface area contributed by atoms with Crippen LogP contribution in [0.4, 0.5) is 0 Å². The van der Waals surface area contributed by atoms with E-state index in [1.807, 2.05) is 18.2 Å². The second kappa shape index (κ2) is 7.33. The van der Waals surface area contributed by atoms with Gasteiger partial charge in [-0.2, -0.15) is 0 Å². The third-order valence-electron chi connectivity index (χ3n) is 4.65. The minimum atomic E-state index is 0.222. The van der Waals surface area contributed by atoms with E-state index in [-0.39, 0.29) is 6.10 Å². The van der Waals surface area contributed by atoms with Gasteiger partial charge in [0.25, 0.3) is 0 Å². The number of nitrogens with zero attached hydrogens (tertiary/aromatic N) is 3. The Labute approximate surface area is 166 Å². The maximum Gasteiger partial charge on any atom is 0.232 e. The molecule has 0 saturated carbocycles. The van der Waals surface area contributed by atoms with E-state index in [9.17, 15) is 0 Å². The van der Waals surface area contributed by atoms with Crippen LogP contribution in [0.1, 0.15) is 18.1 Å². The molecule has 0 amide bonds. The van der Waals surface area contributed by atoms with E-state index in [1.165, 1.54) is 10.3 Å². The van der Waals surface area contributed by atoms with Gasteiger partial charge in [0.15, 0.2) is 0 Å². The molecule has 3 heterocycles. The van der Waals surface area contributed by atoms with Crippen molar-refractivity contribution in [2.75, 3.05) is 14.2 Å². The molecule has 6 nitrogen and oxygen atoms in total. The van der Waals surface area contributed by atoms with Crippen molar-refractivity contribution in [1.29, 1.82) is 0 Å². The van der Waals surface area contributed by atoms with Gasteiger partial charge in [-0.3, -0.25) is 0 Å². The zero-order chi connectivity index (χ0) is 19.8. The normalized spacial score (nSPS) is 15.1. The van der Waals surface area contributed by atoms with Crippen molar-refractivity contribution in [1.82, 2.24) is 15.0 Å². The minimum Gasteiger partial charge on any atom is -0.490 e. The third-order valence-corrected chi connectivity index (χ3v) is 5.81. The SMILES string of the molecule is CO.COc1cnc2c(-c3nc4ccc5c(c4s3)CC(C)O5)cc(C)cc2n1. The van der Waals surface area contributed by atoms with Crippen LogP contribution in [0.5, 0.6) is 11.6 Å². The van der Waals surface area contributed by atoms with Gasteiger partial charge >= 0.3 is 0 Å². The smallest absolute Gasteiger partial charge is 0.232 e. The highest BCUT2D eigenvalue weighted by atomic mass is 32.1. The number of hydrogen-bond donors (Lipinski definition) is 1. The maximum absolute atomic E-state index is 7.00. The maximum atomic E-state index is 7.00. The molecule has 1 aliphatic rings. The summed E-state index contributed by atoms with van der Waals surface area (Å²) in [6.45, 7) is 4.16. The molecule has 2 aromatic heterocycles. The molecule has 0 bridgehead atoms. The van der Waals surface area contributed by atoms with Crippen molar-refractivity contribution >= 4 is 32.6 Å². The quantitative estimate of drug-likeness (QED) is 0.549. The standard InChI is InChI=1S/C20H17N3O2S.CH4O/c1-10-6-13(18-15(7-10)22-17(24-3)9-21-18)20-23-14-4-5-16-12(19(14)26-20)8-11(2)25-16;1-2/h4-7,9,11H,8H2,1-3H3;2H,1H3. The molecule has 1 unspecified atom stereocenters. The van der Waals surface area contributed by atoms with Crippen molar-refractivity contribution in [3.63, 3.8) is 0 Å². The number of thiazole rings is 1. The first-order valence-electron chi connectivity index (χ1n) is 8.98. The van der Waals surface area contributed by atoms with Gasteiger partial charge in [-0.05, 0) is 43.7 Å². The first-order chi connectivity index (χ1) is 13.6. The number of rotatable bonds is 2. The lowest BCUT2D eigenvalue weighted by Crippen LogP contribution is -2.05. The summed E-state index contributed by atoms with van der Waals surface area (Å²) in [5.74, 6) is 1.50. The first-order valence-corrected chi connectivity index (χ1v) is 9.79. The third kappa shape index (κ3) is 3.06. The summed E-state index contributed by atoms with van der Waals surface area (Å²) in [5, 5.41) is 7.96. The van der Waals surface area contributed by atoms with Crippen LogP contribution in [0, 0.1) is 6.92 Å². The molecule has 144 valence electrons. The zero-order valence-corrected chi connectivity index (χ0v) is 17.0. The average Bonchev–Trinajstić information content (AvgIpc) is 3.30. The van der Waals surface area contributed by atoms with Gasteiger partial charge in [-0.15, -0.1) is 11.3 Å². The lowest BCUT2D eigenvalue weighted by atomic mass is 10.1. The van der Waals surface area contributed by atoms with E-state index in [1.54, 1.807) is 24.6 Å². The van der Waals surface area contributed by atoms with E-state index in [0.717, 1.165) is 52.0 Å². The van der Waals surface area contributed by atoms with Crippen molar-refractivity contribution < 1.29 is 14.6 Å². The van der Waals surface area contributed by atoms with Crippen molar-refractivity contribution in [3.8, 4) is 22.2 Å². The Balaban J connectivity index is 0.000000932. The van der Waals surface area contributed by atoms with Gasteiger partial charge in [-0.25, -0.2) is 15.0 Å². The lowest BCUT2D eigenvalue weighted by molar-refractivity contribution is 0.254. The number of aryl methyl sites for hydroxylation is 1. The highest BCUT2D eigenvalue weighted by Crippen LogP contribution is 2.41. The number of methoxy groups -OCH3 is 1. The van der Waals surface area contributed by atoms with Gasteiger partial charge in [-0.1, -0.05) is 0 Å². The number of fused-ring (bicyclic) bond motifs is 4. The van der Waals surface area contributed by atoms with E-state index in [4.69, 9.17) is 19.6 Å². The summed E-state index contributed by atoms with van der Waals surface area (Å²) in [5.41, 5.74) is 6.08. The van der Waals surface area contributed by atoms with Gasteiger partial charge in [0.2, 0.25) is 5.88 Å². The van der Waals surface area contributed by atoms with Crippen LogP contribution < -0.4 is 9.47 Å². The molecule has 0 aliphatic carbocycles. The predicted octanol–water partition coefficient (Wildman–Crippen LogP) is 4.16. The molecule has 1 atom stereocenters. The molecule has 0 radical (unpaired) electrons. The monoisotopic (exact) mass is 395 g/mol. The molecule has 0 spiro atoms. The fourth-order valence-corrected chi connectivity index (χ4v) is 4.63. The molecule has 4 aromatic rings. The van der Waals surface area contributed by atoms with E-state index in [2.05, 4.69) is 29.9 Å².